The molecule has 0 unspecified atom stereocenters. The number of hydrogen-bond donors (Lipinski definition) is 1. The van der Waals surface area contributed by atoms with E-state index in [4.69, 9.17) is 4.74 Å². The molecule has 6 rings (SSSR count). The van der Waals surface area contributed by atoms with Crippen LogP contribution < -0.4 is 4.74 Å². The molecule has 192 valence electrons. The van der Waals surface area contributed by atoms with Crippen LogP contribution in [0.2, 0.25) is 0 Å². The van der Waals surface area contributed by atoms with Crippen molar-refractivity contribution < 1.29 is 29.0 Å². The highest BCUT2D eigenvalue weighted by Crippen LogP contribution is 2.56. The van der Waals surface area contributed by atoms with Crippen molar-refractivity contribution in [1.82, 2.24) is 4.90 Å². The van der Waals surface area contributed by atoms with Crippen LogP contribution in [0, 0.1) is 17.8 Å². The van der Waals surface area contributed by atoms with Gasteiger partial charge in [0, 0.05) is 40.3 Å². The Labute approximate surface area is 215 Å². The lowest BCUT2D eigenvalue weighted by molar-refractivity contribution is -0.143. The minimum atomic E-state index is -0.659. The summed E-state index contributed by atoms with van der Waals surface area (Å²) in [6, 6.07) is 4.88. The Kier molecular flexibility index (Phi) is 5.70. The van der Waals surface area contributed by atoms with E-state index in [1.54, 1.807) is 19.1 Å². The van der Waals surface area contributed by atoms with Gasteiger partial charge in [-0.05, 0) is 50.7 Å². The Morgan fingerprint density at radius 2 is 1.76 bits per heavy atom. The quantitative estimate of drug-likeness (QED) is 0.379. The number of amides is 2. The van der Waals surface area contributed by atoms with E-state index in [1.807, 2.05) is 6.08 Å². The molecule has 1 heterocycles. The third-order valence-electron chi connectivity index (χ3n) is 9.08. The van der Waals surface area contributed by atoms with E-state index in [-0.39, 0.29) is 47.5 Å². The predicted octanol–water partition coefficient (Wildman–Crippen LogP) is 4.16. The number of benzene rings is 1. The van der Waals surface area contributed by atoms with Gasteiger partial charge >= 0.3 is 0 Å². The maximum Gasteiger partial charge on any atom is 0.233 e. The van der Waals surface area contributed by atoms with Crippen LogP contribution in [0.25, 0.3) is 0 Å². The maximum atomic E-state index is 13.9. The third kappa shape index (κ3) is 3.54. The highest BCUT2D eigenvalue weighted by molar-refractivity contribution is 6.23. The summed E-state index contributed by atoms with van der Waals surface area (Å²) >= 11 is 0. The number of methoxy groups -OCH3 is 1. The van der Waals surface area contributed by atoms with Crippen LogP contribution in [0.3, 0.4) is 0 Å². The zero-order valence-electron chi connectivity index (χ0n) is 21.2. The summed E-state index contributed by atoms with van der Waals surface area (Å²) in [7, 11) is 1.51. The second-order valence-corrected chi connectivity index (χ2v) is 11.0. The molecular formula is C30H31NO6. The SMILES string of the molecule is COc1ccc([C@H]2C3=CC[C@@H]4C(=O)N(C5CCCCC5)C(=O)[C@@H]4[C@@H]3CC3=C2C(=O)C=C(C)C3=O)c(O)c1. The number of ether oxygens (including phenoxy) is 1. The van der Waals surface area contributed by atoms with Gasteiger partial charge in [0.1, 0.15) is 11.5 Å². The summed E-state index contributed by atoms with van der Waals surface area (Å²) in [4.78, 5) is 55.6. The van der Waals surface area contributed by atoms with E-state index in [9.17, 15) is 24.3 Å². The summed E-state index contributed by atoms with van der Waals surface area (Å²) < 4.78 is 5.25. The zero-order chi connectivity index (χ0) is 26.0. The smallest absolute Gasteiger partial charge is 0.233 e. The number of fused-ring (bicyclic) bond motifs is 3. The molecule has 0 spiro atoms. The van der Waals surface area contributed by atoms with Gasteiger partial charge in [-0.15, -0.1) is 0 Å². The van der Waals surface area contributed by atoms with Crippen molar-refractivity contribution in [2.24, 2.45) is 17.8 Å². The summed E-state index contributed by atoms with van der Waals surface area (Å²) in [5.41, 5.74) is 2.50. The number of carbonyl (C=O) groups is 4. The van der Waals surface area contributed by atoms with E-state index in [0.717, 1.165) is 37.7 Å². The molecule has 7 heteroatoms. The summed E-state index contributed by atoms with van der Waals surface area (Å²) in [5, 5.41) is 11.0. The highest BCUT2D eigenvalue weighted by atomic mass is 16.5. The lowest BCUT2D eigenvalue weighted by Gasteiger charge is -2.42. The molecule has 1 saturated heterocycles. The number of likely N-dealkylation sites (tertiary alicyclic amines) is 1. The average molecular weight is 502 g/mol. The van der Waals surface area contributed by atoms with Crippen LogP contribution in [0.1, 0.15) is 63.4 Å². The van der Waals surface area contributed by atoms with Gasteiger partial charge in [-0.2, -0.15) is 0 Å². The van der Waals surface area contributed by atoms with Crippen LogP contribution in [-0.4, -0.2) is 46.5 Å². The van der Waals surface area contributed by atoms with E-state index in [0.29, 0.717) is 34.5 Å². The van der Waals surface area contributed by atoms with Gasteiger partial charge in [0.05, 0.1) is 18.9 Å². The summed E-state index contributed by atoms with van der Waals surface area (Å²) in [5.74, 6) is -2.28. The minimum Gasteiger partial charge on any atom is -0.507 e. The number of allylic oxidation sites excluding steroid dienone is 6. The molecule has 37 heavy (non-hydrogen) atoms. The van der Waals surface area contributed by atoms with Gasteiger partial charge < -0.3 is 9.84 Å². The zero-order valence-corrected chi connectivity index (χ0v) is 21.2. The molecule has 1 saturated carbocycles. The molecule has 1 aromatic carbocycles. The Hall–Kier alpha value is -3.48. The second-order valence-electron chi connectivity index (χ2n) is 11.0. The molecule has 4 aliphatic carbocycles. The first kappa shape index (κ1) is 23.9. The number of carbonyl (C=O) groups excluding carboxylic acids is 4. The van der Waals surface area contributed by atoms with Gasteiger partial charge in [-0.3, -0.25) is 24.1 Å². The number of imide groups is 1. The fourth-order valence-corrected chi connectivity index (χ4v) is 7.36. The normalized spacial score (nSPS) is 30.1. The topological polar surface area (TPSA) is 101 Å². The fraction of sp³-hybridized carbons (Fsp3) is 0.467. The predicted molar refractivity (Wildman–Crippen MR) is 135 cm³/mol. The Bertz CT molecular complexity index is 1330. The molecule has 5 aliphatic rings. The van der Waals surface area contributed by atoms with Gasteiger partial charge in [0.2, 0.25) is 11.8 Å². The van der Waals surface area contributed by atoms with Crippen molar-refractivity contribution >= 4 is 23.4 Å². The number of ketones is 2. The summed E-state index contributed by atoms with van der Waals surface area (Å²) in [6.07, 6.45) is 8.87. The maximum absolute atomic E-state index is 13.9. The molecule has 2 fully saturated rings. The van der Waals surface area contributed by atoms with Crippen molar-refractivity contribution in [2.75, 3.05) is 7.11 Å². The average Bonchev–Trinajstić information content (AvgIpc) is 3.16. The first-order chi connectivity index (χ1) is 17.8. The van der Waals surface area contributed by atoms with Crippen molar-refractivity contribution in [2.45, 2.75) is 63.8 Å². The van der Waals surface area contributed by atoms with Crippen LogP contribution in [-0.2, 0) is 19.2 Å². The number of aromatic hydroxyl groups is 1. The molecule has 4 atom stereocenters. The van der Waals surface area contributed by atoms with Crippen LogP contribution in [0.4, 0.5) is 0 Å². The highest BCUT2D eigenvalue weighted by Gasteiger charge is 2.57. The largest absolute Gasteiger partial charge is 0.507 e. The van der Waals surface area contributed by atoms with E-state index >= 15 is 0 Å². The lowest BCUT2D eigenvalue weighted by Crippen LogP contribution is -2.43. The lowest BCUT2D eigenvalue weighted by atomic mass is 9.59. The number of phenols is 1. The Morgan fingerprint density at radius 3 is 2.46 bits per heavy atom. The molecule has 0 aromatic heterocycles. The molecular weight excluding hydrogens is 470 g/mol. The van der Waals surface area contributed by atoms with Crippen molar-refractivity contribution in [1.29, 1.82) is 0 Å². The molecule has 0 bridgehead atoms. The first-order valence-corrected chi connectivity index (χ1v) is 13.3. The van der Waals surface area contributed by atoms with Gasteiger partial charge in [-0.25, -0.2) is 0 Å². The second kappa shape index (κ2) is 8.82. The molecule has 1 aliphatic heterocycles. The number of phenolic OH excluding ortho intramolecular Hbond substituents is 1. The van der Waals surface area contributed by atoms with Crippen LogP contribution >= 0.6 is 0 Å². The van der Waals surface area contributed by atoms with Gasteiger partial charge in [-0.1, -0.05) is 37.0 Å². The van der Waals surface area contributed by atoms with Crippen molar-refractivity contribution in [3.05, 3.63) is 58.2 Å². The minimum absolute atomic E-state index is 0.0379. The van der Waals surface area contributed by atoms with Crippen molar-refractivity contribution in [3.63, 3.8) is 0 Å². The fourth-order valence-electron chi connectivity index (χ4n) is 7.36. The number of rotatable bonds is 3. The van der Waals surface area contributed by atoms with Crippen LogP contribution in [0.5, 0.6) is 11.5 Å². The number of nitrogens with zero attached hydrogens (tertiary/aromatic N) is 1. The third-order valence-corrected chi connectivity index (χ3v) is 9.08. The standard InChI is InChI=1S/C30H31NO6/c1-15-12-24(33)27-22(28(15)34)14-21-18(25(27)19-9-8-17(37-2)13-23(19)32)10-11-20-26(21)30(36)31(29(20)35)16-6-4-3-5-7-16/h8-10,12-13,16,20-21,25-26,32H,3-7,11,14H2,1-2H3/t20-,21+,25+,26-/m0/s1. The summed E-state index contributed by atoms with van der Waals surface area (Å²) in [6.45, 7) is 1.63. The van der Waals surface area contributed by atoms with E-state index in [2.05, 4.69) is 0 Å². The van der Waals surface area contributed by atoms with E-state index in [1.165, 1.54) is 24.2 Å². The Balaban J connectivity index is 1.47. The Morgan fingerprint density at radius 1 is 1.00 bits per heavy atom. The van der Waals surface area contributed by atoms with Gasteiger partial charge in [0.25, 0.3) is 0 Å². The molecule has 1 aromatic rings. The molecule has 1 N–H and O–H groups in total. The number of hydrogen-bond acceptors (Lipinski definition) is 6. The van der Waals surface area contributed by atoms with Crippen molar-refractivity contribution in [3.8, 4) is 11.5 Å². The first-order valence-electron chi connectivity index (χ1n) is 13.3. The molecule has 2 amide bonds. The molecule has 0 radical (unpaired) electrons. The molecule has 7 nitrogen and oxygen atoms in total. The van der Waals surface area contributed by atoms with Gasteiger partial charge in [0.15, 0.2) is 11.6 Å². The van der Waals surface area contributed by atoms with Crippen LogP contribution in [0.15, 0.2) is 52.6 Å². The number of Topliss-reactive ketones (excluding diaryl/α,β-unsaturated/α-hetero) is 1. The monoisotopic (exact) mass is 501 g/mol. The van der Waals surface area contributed by atoms with E-state index < -0.39 is 17.8 Å².